The van der Waals surface area contributed by atoms with Crippen LogP contribution in [0.15, 0.2) is 22.7 Å². The van der Waals surface area contributed by atoms with Crippen LogP contribution < -0.4 is 0 Å². The number of aliphatic carboxylic acids is 1. The summed E-state index contributed by atoms with van der Waals surface area (Å²) >= 11 is 0. The normalized spacial score (nSPS) is 10.7. The van der Waals surface area contributed by atoms with Gasteiger partial charge in [0.15, 0.2) is 5.76 Å². The first kappa shape index (κ1) is 11.4. The monoisotopic (exact) mass is 234 g/mol. The Hall–Kier alpha value is -2.04. The third-order valence-electron chi connectivity index (χ3n) is 2.53. The first-order valence-corrected chi connectivity index (χ1v) is 5.37. The lowest BCUT2D eigenvalue weighted by Crippen LogP contribution is -2.02. The second-order valence-electron chi connectivity index (χ2n) is 3.96. The van der Waals surface area contributed by atoms with Crippen LogP contribution in [0, 0.1) is 6.92 Å². The molecule has 0 unspecified atom stereocenters. The van der Waals surface area contributed by atoms with Gasteiger partial charge in [-0.2, -0.15) is 0 Å². The summed E-state index contributed by atoms with van der Waals surface area (Å²) in [5, 5.41) is 8.64. The molecule has 1 N–H and O–H groups in total. The van der Waals surface area contributed by atoms with E-state index >= 15 is 0 Å². The third-order valence-corrected chi connectivity index (χ3v) is 2.53. The van der Waals surface area contributed by atoms with E-state index in [4.69, 9.17) is 9.52 Å². The summed E-state index contributed by atoms with van der Waals surface area (Å²) in [6.45, 7) is 1.87. The molecular weight excluding hydrogens is 220 g/mol. The van der Waals surface area contributed by atoms with Gasteiger partial charge in [-0.15, -0.1) is 0 Å². The molecule has 0 radical (unpaired) electrons. The summed E-state index contributed by atoms with van der Waals surface area (Å²) in [6.07, 6.45) is 2.35. The highest BCUT2D eigenvalue weighted by Gasteiger charge is 2.11. The maximum atomic E-state index is 10.5. The van der Waals surface area contributed by atoms with Crippen molar-refractivity contribution in [3.63, 3.8) is 0 Å². The van der Waals surface area contributed by atoms with Crippen molar-refractivity contribution in [1.29, 1.82) is 0 Å². The average Bonchev–Trinajstić information content (AvgIpc) is 2.82. The van der Waals surface area contributed by atoms with E-state index in [-0.39, 0.29) is 6.42 Å². The van der Waals surface area contributed by atoms with E-state index in [2.05, 4.69) is 4.98 Å². The Kier molecular flexibility index (Phi) is 2.99. The molecule has 0 aliphatic heterocycles. The molecule has 0 aliphatic rings. The fourth-order valence-corrected chi connectivity index (χ4v) is 1.65. The van der Waals surface area contributed by atoms with Crippen molar-refractivity contribution in [2.75, 3.05) is 0 Å². The van der Waals surface area contributed by atoms with Crippen LogP contribution in [0.5, 0.6) is 0 Å². The number of aromatic nitrogens is 2. The molecule has 0 spiro atoms. The van der Waals surface area contributed by atoms with Gasteiger partial charge in [-0.05, 0) is 19.1 Å². The molecule has 90 valence electrons. The zero-order valence-corrected chi connectivity index (χ0v) is 9.80. The van der Waals surface area contributed by atoms with Crippen LogP contribution in [0.25, 0.3) is 11.5 Å². The highest BCUT2D eigenvalue weighted by Crippen LogP contribution is 2.21. The Labute approximate surface area is 98.7 Å². The minimum atomic E-state index is -0.816. The molecule has 2 aromatic heterocycles. The molecule has 0 aromatic carbocycles. The summed E-state index contributed by atoms with van der Waals surface area (Å²) in [6, 6.07) is 3.74. The quantitative estimate of drug-likeness (QED) is 0.878. The molecule has 5 nitrogen and oxygen atoms in total. The Morgan fingerprint density at radius 3 is 2.88 bits per heavy atom. The first-order valence-electron chi connectivity index (χ1n) is 5.37. The van der Waals surface area contributed by atoms with E-state index in [1.165, 1.54) is 0 Å². The number of rotatable bonds is 4. The zero-order chi connectivity index (χ0) is 12.4. The van der Waals surface area contributed by atoms with Crippen LogP contribution in [0.4, 0.5) is 0 Å². The number of hydrogen-bond acceptors (Lipinski definition) is 3. The van der Waals surface area contributed by atoms with Crippen LogP contribution in [0.3, 0.4) is 0 Å². The van der Waals surface area contributed by atoms with Crippen molar-refractivity contribution in [1.82, 2.24) is 9.55 Å². The summed E-state index contributed by atoms with van der Waals surface area (Å²) in [4.78, 5) is 14.9. The van der Waals surface area contributed by atoms with Crippen LogP contribution in [-0.2, 0) is 18.3 Å². The Morgan fingerprint density at radius 1 is 1.53 bits per heavy atom. The molecule has 17 heavy (non-hydrogen) atoms. The summed E-state index contributed by atoms with van der Waals surface area (Å²) in [7, 11) is 1.85. The smallest absolute Gasteiger partial charge is 0.303 e. The lowest BCUT2D eigenvalue weighted by Gasteiger charge is -1.97. The minimum absolute atomic E-state index is 0.0848. The number of furan rings is 1. The standard InChI is InChI=1S/C12H14N2O3/c1-8-3-4-10(17-8)9-7-14(2)11(13-9)5-6-12(15)16/h3-4,7H,5-6H2,1-2H3,(H,15,16). The summed E-state index contributed by atoms with van der Waals surface area (Å²) in [5.74, 6) is 1.47. The van der Waals surface area contributed by atoms with Gasteiger partial charge in [-0.3, -0.25) is 4.79 Å². The van der Waals surface area contributed by atoms with Crippen molar-refractivity contribution in [2.45, 2.75) is 19.8 Å². The van der Waals surface area contributed by atoms with Gasteiger partial charge in [0.25, 0.3) is 0 Å². The molecule has 2 rings (SSSR count). The molecule has 2 aromatic rings. The van der Waals surface area contributed by atoms with Gasteiger partial charge in [0.2, 0.25) is 0 Å². The summed E-state index contributed by atoms with van der Waals surface area (Å²) in [5.41, 5.74) is 0.737. The molecular formula is C12H14N2O3. The zero-order valence-electron chi connectivity index (χ0n) is 9.80. The fraction of sp³-hybridized carbons (Fsp3) is 0.333. The largest absolute Gasteiger partial charge is 0.481 e. The van der Waals surface area contributed by atoms with E-state index in [0.29, 0.717) is 12.2 Å². The molecule has 2 heterocycles. The lowest BCUT2D eigenvalue weighted by atomic mass is 10.3. The maximum absolute atomic E-state index is 10.5. The molecule has 0 fully saturated rings. The predicted octanol–water partition coefficient (Wildman–Crippen LogP) is 2.01. The van der Waals surface area contributed by atoms with E-state index < -0.39 is 5.97 Å². The third kappa shape index (κ3) is 2.55. The van der Waals surface area contributed by atoms with Crippen LogP contribution in [0.1, 0.15) is 18.0 Å². The molecule has 0 atom stereocenters. The van der Waals surface area contributed by atoms with Gasteiger partial charge in [0, 0.05) is 19.7 Å². The average molecular weight is 234 g/mol. The van der Waals surface area contributed by atoms with Gasteiger partial charge in [-0.25, -0.2) is 4.98 Å². The number of hydrogen-bond donors (Lipinski definition) is 1. The lowest BCUT2D eigenvalue weighted by molar-refractivity contribution is -0.137. The number of imidazole rings is 1. The predicted molar refractivity (Wildman–Crippen MR) is 61.6 cm³/mol. The van der Waals surface area contributed by atoms with E-state index in [9.17, 15) is 4.79 Å². The highest BCUT2D eigenvalue weighted by molar-refractivity contribution is 5.67. The van der Waals surface area contributed by atoms with Crippen LogP contribution in [-0.4, -0.2) is 20.6 Å². The van der Waals surface area contributed by atoms with E-state index in [0.717, 1.165) is 17.3 Å². The minimum Gasteiger partial charge on any atom is -0.481 e. The SMILES string of the molecule is Cc1ccc(-c2cn(C)c(CCC(=O)O)n2)o1. The number of nitrogens with zero attached hydrogens (tertiary/aromatic N) is 2. The number of carbonyl (C=O) groups is 1. The molecule has 0 amide bonds. The number of carboxylic acid groups (broad SMARTS) is 1. The van der Waals surface area contributed by atoms with Gasteiger partial charge in [0.05, 0.1) is 6.42 Å². The van der Waals surface area contributed by atoms with Crippen molar-refractivity contribution in [2.24, 2.45) is 7.05 Å². The van der Waals surface area contributed by atoms with Gasteiger partial charge in [0.1, 0.15) is 17.3 Å². The Balaban J connectivity index is 2.21. The second-order valence-corrected chi connectivity index (χ2v) is 3.96. The molecule has 0 bridgehead atoms. The molecule has 0 aliphatic carbocycles. The first-order chi connectivity index (χ1) is 8.06. The molecule has 5 heteroatoms. The van der Waals surface area contributed by atoms with Crippen molar-refractivity contribution in [3.8, 4) is 11.5 Å². The topological polar surface area (TPSA) is 68.3 Å². The maximum Gasteiger partial charge on any atom is 0.303 e. The molecule has 0 saturated carbocycles. The van der Waals surface area contributed by atoms with Gasteiger partial charge >= 0.3 is 5.97 Å². The van der Waals surface area contributed by atoms with E-state index in [1.54, 1.807) is 0 Å². The van der Waals surface area contributed by atoms with E-state index in [1.807, 2.05) is 36.9 Å². The Morgan fingerprint density at radius 2 is 2.29 bits per heavy atom. The second kappa shape index (κ2) is 4.45. The van der Waals surface area contributed by atoms with Crippen molar-refractivity contribution in [3.05, 3.63) is 29.9 Å². The van der Waals surface area contributed by atoms with Crippen LogP contribution in [0.2, 0.25) is 0 Å². The summed E-state index contributed by atoms with van der Waals surface area (Å²) < 4.78 is 7.30. The van der Waals surface area contributed by atoms with Gasteiger partial charge < -0.3 is 14.1 Å². The highest BCUT2D eigenvalue weighted by atomic mass is 16.4. The number of aryl methyl sites for hydroxylation is 3. The van der Waals surface area contributed by atoms with Crippen molar-refractivity contribution >= 4 is 5.97 Å². The van der Waals surface area contributed by atoms with Gasteiger partial charge in [-0.1, -0.05) is 0 Å². The Bertz CT molecular complexity index is 540. The van der Waals surface area contributed by atoms with Crippen molar-refractivity contribution < 1.29 is 14.3 Å². The number of carboxylic acids is 1. The fourth-order valence-electron chi connectivity index (χ4n) is 1.65. The van der Waals surface area contributed by atoms with Crippen LogP contribution >= 0.6 is 0 Å². The molecule has 0 saturated heterocycles.